The van der Waals surface area contributed by atoms with Crippen LogP contribution in [0.15, 0.2) is 30.3 Å². The summed E-state index contributed by atoms with van der Waals surface area (Å²) in [7, 11) is 0. The molecule has 0 aromatic heterocycles. The molecule has 1 amide bonds. The molecule has 4 heteroatoms. The van der Waals surface area contributed by atoms with E-state index in [1.807, 2.05) is 44.2 Å². The average molecular weight is 277 g/mol. The fourth-order valence-electron chi connectivity index (χ4n) is 2.07. The lowest BCUT2D eigenvalue weighted by Crippen LogP contribution is -2.33. The van der Waals surface area contributed by atoms with Crippen molar-refractivity contribution in [3.63, 3.8) is 0 Å². The van der Waals surface area contributed by atoms with Gasteiger partial charge in [0.25, 0.3) is 0 Å². The van der Waals surface area contributed by atoms with Gasteiger partial charge in [-0.2, -0.15) is 0 Å². The highest BCUT2D eigenvalue weighted by Gasteiger charge is 2.19. The van der Waals surface area contributed by atoms with Crippen LogP contribution in [0.1, 0.15) is 32.3 Å². The molecule has 110 valence electrons. The molecule has 1 unspecified atom stereocenters. The molecular weight excluding hydrogens is 254 g/mol. The molecule has 1 atom stereocenters. The summed E-state index contributed by atoms with van der Waals surface area (Å²) in [5.74, 6) is -1.14. The Morgan fingerprint density at radius 2 is 1.85 bits per heavy atom. The molecule has 2 N–H and O–H groups in total. The molecule has 0 radical (unpaired) electrons. The quantitative estimate of drug-likeness (QED) is 0.767. The predicted molar refractivity (Wildman–Crippen MR) is 78.4 cm³/mol. The second kappa shape index (κ2) is 8.35. The third-order valence-electron chi connectivity index (χ3n) is 3.13. The fraction of sp³-hybridized carbons (Fsp3) is 0.500. The Labute approximate surface area is 120 Å². The van der Waals surface area contributed by atoms with Gasteiger partial charge < -0.3 is 10.4 Å². The van der Waals surface area contributed by atoms with Crippen molar-refractivity contribution in [3.8, 4) is 0 Å². The van der Waals surface area contributed by atoms with Gasteiger partial charge in [-0.3, -0.25) is 9.59 Å². The average Bonchev–Trinajstić information content (AvgIpc) is 2.41. The zero-order chi connectivity index (χ0) is 15.0. The van der Waals surface area contributed by atoms with E-state index < -0.39 is 11.9 Å². The second-order valence-electron chi connectivity index (χ2n) is 5.45. The van der Waals surface area contributed by atoms with Crippen molar-refractivity contribution in [2.75, 3.05) is 6.54 Å². The largest absolute Gasteiger partial charge is 0.481 e. The summed E-state index contributed by atoms with van der Waals surface area (Å²) in [5.41, 5.74) is 1.11. The van der Waals surface area contributed by atoms with E-state index in [9.17, 15) is 9.59 Å². The highest BCUT2D eigenvalue weighted by molar-refractivity contribution is 5.77. The fourth-order valence-corrected chi connectivity index (χ4v) is 2.07. The minimum atomic E-state index is -0.845. The zero-order valence-corrected chi connectivity index (χ0v) is 12.1. The molecule has 0 aliphatic carbocycles. The highest BCUT2D eigenvalue weighted by atomic mass is 16.4. The van der Waals surface area contributed by atoms with Gasteiger partial charge in [0.1, 0.15) is 0 Å². The highest BCUT2D eigenvalue weighted by Crippen LogP contribution is 2.11. The molecule has 0 saturated heterocycles. The summed E-state index contributed by atoms with van der Waals surface area (Å²) in [6.45, 7) is 4.17. The van der Waals surface area contributed by atoms with Crippen LogP contribution in [0.25, 0.3) is 0 Å². The molecule has 0 saturated carbocycles. The number of benzene rings is 1. The molecule has 0 spiro atoms. The van der Waals surface area contributed by atoms with Crippen LogP contribution in [0, 0.1) is 11.8 Å². The van der Waals surface area contributed by atoms with E-state index >= 15 is 0 Å². The molecular formula is C16H23NO3. The molecule has 0 aliphatic rings. The Morgan fingerprint density at radius 1 is 1.20 bits per heavy atom. The van der Waals surface area contributed by atoms with Gasteiger partial charge in [0.05, 0.1) is 5.92 Å². The van der Waals surface area contributed by atoms with E-state index in [1.165, 1.54) is 0 Å². The van der Waals surface area contributed by atoms with E-state index in [-0.39, 0.29) is 12.5 Å². The lowest BCUT2D eigenvalue weighted by atomic mass is 9.97. The Kier molecular flexibility index (Phi) is 6.77. The van der Waals surface area contributed by atoms with Crippen LogP contribution in [0.4, 0.5) is 0 Å². The van der Waals surface area contributed by atoms with Crippen LogP contribution >= 0.6 is 0 Å². The normalized spacial score (nSPS) is 12.2. The molecule has 0 heterocycles. The van der Waals surface area contributed by atoms with Gasteiger partial charge in [-0.05, 0) is 24.3 Å². The Morgan fingerprint density at radius 3 is 2.40 bits per heavy atom. The summed E-state index contributed by atoms with van der Waals surface area (Å²) in [6, 6.07) is 9.78. The van der Waals surface area contributed by atoms with E-state index in [0.717, 1.165) is 5.56 Å². The van der Waals surface area contributed by atoms with Crippen molar-refractivity contribution >= 4 is 11.9 Å². The summed E-state index contributed by atoms with van der Waals surface area (Å²) < 4.78 is 0. The first-order valence-electron chi connectivity index (χ1n) is 7.02. The standard InChI is InChI=1S/C16H23NO3/c1-12(2)10-14(16(19)20)11-17-15(18)9-8-13-6-4-3-5-7-13/h3-7,12,14H,8-11H2,1-2H3,(H,17,18)(H,19,20). The number of rotatable bonds is 8. The van der Waals surface area contributed by atoms with Crippen LogP contribution < -0.4 is 5.32 Å². The minimum Gasteiger partial charge on any atom is -0.481 e. The number of aliphatic carboxylic acids is 1. The summed E-state index contributed by atoms with van der Waals surface area (Å²) in [6.07, 6.45) is 1.64. The third kappa shape index (κ3) is 6.36. The van der Waals surface area contributed by atoms with Gasteiger partial charge in [0.2, 0.25) is 5.91 Å². The van der Waals surface area contributed by atoms with Crippen molar-refractivity contribution in [1.29, 1.82) is 0 Å². The first kappa shape index (κ1) is 16.2. The van der Waals surface area contributed by atoms with E-state index in [0.29, 0.717) is 25.2 Å². The summed E-state index contributed by atoms with van der Waals surface area (Å²) >= 11 is 0. The number of carboxylic acid groups (broad SMARTS) is 1. The monoisotopic (exact) mass is 277 g/mol. The van der Waals surface area contributed by atoms with Gasteiger partial charge in [0.15, 0.2) is 0 Å². The first-order chi connectivity index (χ1) is 9.49. The smallest absolute Gasteiger partial charge is 0.308 e. The maximum Gasteiger partial charge on any atom is 0.308 e. The molecule has 0 bridgehead atoms. The number of hydrogen-bond donors (Lipinski definition) is 2. The number of carboxylic acids is 1. The van der Waals surface area contributed by atoms with Crippen LogP contribution in [0.5, 0.6) is 0 Å². The van der Waals surface area contributed by atoms with E-state index in [4.69, 9.17) is 5.11 Å². The molecule has 1 aromatic carbocycles. The van der Waals surface area contributed by atoms with Gasteiger partial charge in [-0.1, -0.05) is 44.2 Å². The number of amides is 1. The maximum absolute atomic E-state index is 11.7. The number of carbonyl (C=O) groups excluding carboxylic acids is 1. The SMILES string of the molecule is CC(C)CC(CNC(=O)CCc1ccccc1)C(=O)O. The van der Waals surface area contributed by atoms with E-state index in [1.54, 1.807) is 0 Å². The minimum absolute atomic E-state index is 0.0936. The van der Waals surface area contributed by atoms with E-state index in [2.05, 4.69) is 5.32 Å². The molecule has 1 aromatic rings. The Hall–Kier alpha value is -1.84. The lowest BCUT2D eigenvalue weighted by molar-refractivity contribution is -0.142. The number of hydrogen-bond acceptors (Lipinski definition) is 2. The topological polar surface area (TPSA) is 66.4 Å². The first-order valence-corrected chi connectivity index (χ1v) is 7.02. The summed E-state index contributed by atoms with van der Waals surface area (Å²) in [5, 5.41) is 11.8. The summed E-state index contributed by atoms with van der Waals surface area (Å²) in [4.78, 5) is 22.8. The van der Waals surface area contributed by atoms with Gasteiger partial charge in [-0.15, -0.1) is 0 Å². The lowest BCUT2D eigenvalue weighted by Gasteiger charge is -2.15. The Bertz CT molecular complexity index is 429. The number of carbonyl (C=O) groups is 2. The van der Waals surface area contributed by atoms with Crippen LogP contribution in [-0.2, 0) is 16.0 Å². The number of nitrogens with one attached hydrogen (secondary N) is 1. The predicted octanol–water partition coefficient (Wildman–Crippen LogP) is 2.48. The van der Waals surface area contributed by atoms with Gasteiger partial charge in [-0.25, -0.2) is 0 Å². The molecule has 0 aliphatic heterocycles. The maximum atomic E-state index is 11.7. The van der Waals surface area contributed by atoms with Crippen LogP contribution in [0.3, 0.4) is 0 Å². The van der Waals surface area contributed by atoms with Crippen molar-refractivity contribution < 1.29 is 14.7 Å². The Balaban J connectivity index is 2.32. The van der Waals surface area contributed by atoms with Crippen molar-refractivity contribution in [2.45, 2.75) is 33.1 Å². The molecule has 0 fully saturated rings. The zero-order valence-electron chi connectivity index (χ0n) is 12.1. The molecule has 4 nitrogen and oxygen atoms in total. The third-order valence-corrected chi connectivity index (χ3v) is 3.13. The molecule has 1 rings (SSSR count). The van der Waals surface area contributed by atoms with Crippen molar-refractivity contribution in [1.82, 2.24) is 5.32 Å². The van der Waals surface area contributed by atoms with Gasteiger partial charge >= 0.3 is 5.97 Å². The van der Waals surface area contributed by atoms with Crippen LogP contribution in [0.2, 0.25) is 0 Å². The van der Waals surface area contributed by atoms with Crippen molar-refractivity contribution in [3.05, 3.63) is 35.9 Å². The molecule has 20 heavy (non-hydrogen) atoms. The van der Waals surface area contributed by atoms with Gasteiger partial charge in [0, 0.05) is 13.0 Å². The van der Waals surface area contributed by atoms with Crippen molar-refractivity contribution in [2.24, 2.45) is 11.8 Å². The number of aryl methyl sites for hydroxylation is 1. The van der Waals surface area contributed by atoms with Crippen LogP contribution in [-0.4, -0.2) is 23.5 Å². The second-order valence-corrected chi connectivity index (χ2v) is 5.45.